The summed E-state index contributed by atoms with van der Waals surface area (Å²) in [6.07, 6.45) is 5.48. The predicted octanol–water partition coefficient (Wildman–Crippen LogP) is 6.51. The molecule has 1 aliphatic carbocycles. The second-order valence-corrected chi connectivity index (χ2v) is 12.4. The number of fused-ring (bicyclic) bond motifs is 1. The lowest BCUT2D eigenvalue weighted by molar-refractivity contribution is 0.0294. The van der Waals surface area contributed by atoms with Gasteiger partial charge in [-0.25, -0.2) is 4.98 Å². The third-order valence-corrected chi connectivity index (χ3v) is 9.46. The summed E-state index contributed by atoms with van der Waals surface area (Å²) in [5.41, 5.74) is 3.63. The summed E-state index contributed by atoms with van der Waals surface area (Å²) < 4.78 is 0. The van der Waals surface area contributed by atoms with Crippen molar-refractivity contribution in [2.45, 2.75) is 51.6 Å². The van der Waals surface area contributed by atoms with E-state index in [-0.39, 0.29) is 6.04 Å². The molecular formula is C26H32Cl2N6S. The number of nitrogens with one attached hydrogen (secondary N) is 1. The van der Waals surface area contributed by atoms with Gasteiger partial charge in [-0.15, -0.1) is 11.3 Å². The lowest BCUT2D eigenvalue weighted by Crippen LogP contribution is -2.56. The normalized spacial score (nSPS) is 26.4. The average Bonchev–Trinajstić information content (AvgIpc) is 3.25. The summed E-state index contributed by atoms with van der Waals surface area (Å²) in [4.78, 5) is 20.3. The van der Waals surface area contributed by atoms with Gasteiger partial charge in [-0.2, -0.15) is 9.97 Å². The van der Waals surface area contributed by atoms with Crippen LogP contribution in [0.1, 0.15) is 51.1 Å². The molecule has 2 aromatic heterocycles. The van der Waals surface area contributed by atoms with Crippen molar-refractivity contribution in [3.05, 3.63) is 39.3 Å². The zero-order chi connectivity index (χ0) is 24.1. The highest BCUT2D eigenvalue weighted by atomic mass is 35.5. The Morgan fingerprint density at radius 2 is 1.94 bits per heavy atom. The molecule has 3 fully saturated rings. The maximum absolute atomic E-state index is 6.46. The molecule has 9 heteroatoms. The fourth-order valence-corrected chi connectivity index (χ4v) is 7.24. The molecule has 3 aromatic rings. The van der Waals surface area contributed by atoms with Gasteiger partial charge < -0.3 is 15.1 Å². The van der Waals surface area contributed by atoms with Gasteiger partial charge in [0, 0.05) is 35.7 Å². The summed E-state index contributed by atoms with van der Waals surface area (Å²) in [5, 5.41) is 4.81. The highest BCUT2D eigenvalue weighted by Gasteiger charge is 2.40. The van der Waals surface area contributed by atoms with Crippen LogP contribution in [0.4, 0.5) is 11.8 Å². The molecule has 1 saturated carbocycles. The van der Waals surface area contributed by atoms with E-state index >= 15 is 0 Å². The summed E-state index contributed by atoms with van der Waals surface area (Å²) >= 11 is 14.1. The Morgan fingerprint density at radius 3 is 2.71 bits per heavy atom. The Kier molecular flexibility index (Phi) is 6.54. The molecule has 0 bridgehead atoms. The van der Waals surface area contributed by atoms with Crippen molar-refractivity contribution in [2.24, 2.45) is 17.8 Å². The average molecular weight is 532 g/mol. The predicted molar refractivity (Wildman–Crippen MR) is 146 cm³/mol. The van der Waals surface area contributed by atoms with E-state index < -0.39 is 0 Å². The van der Waals surface area contributed by atoms with Crippen LogP contribution in [0.3, 0.4) is 0 Å². The largest absolute Gasteiger partial charge is 0.361 e. The smallest absolute Gasteiger partial charge is 0.228 e. The first-order valence-corrected chi connectivity index (χ1v) is 14.4. The van der Waals surface area contributed by atoms with E-state index in [1.165, 1.54) is 38.8 Å². The lowest BCUT2D eigenvalue weighted by Gasteiger charge is -2.50. The highest BCUT2D eigenvalue weighted by molar-refractivity contribution is 7.16. The molecule has 6 nitrogen and oxygen atoms in total. The molecular weight excluding hydrogens is 499 g/mol. The number of rotatable bonds is 6. The second-order valence-electron chi connectivity index (χ2n) is 10.7. The summed E-state index contributed by atoms with van der Waals surface area (Å²) in [7, 11) is 0. The zero-order valence-electron chi connectivity index (χ0n) is 20.3. The summed E-state index contributed by atoms with van der Waals surface area (Å²) in [6, 6.07) is 6.40. The Hall–Kier alpha value is -1.67. The minimum Gasteiger partial charge on any atom is -0.361 e. The van der Waals surface area contributed by atoms with Gasteiger partial charge >= 0.3 is 0 Å². The van der Waals surface area contributed by atoms with E-state index in [1.54, 1.807) is 17.4 Å². The van der Waals surface area contributed by atoms with Gasteiger partial charge in [0.2, 0.25) is 5.95 Å². The van der Waals surface area contributed by atoms with Crippen molar-refractivity contribution in [1.82, 2.24) is 19.9 Å². The van der Waals surface area contributed by atoms with Crippen molar-refractivity contribution < 1.29 is 0 Å². The number of likely N-dealkylation sites (tertiary alicyclic amines) is 1. The van der Waals surface area contributed by atoms with Gasteiger partial charge in [0.05, 0.1) is 11.6 Å². The third-order valence-electron chi connectivity index (χ3n) is 8.18. The molecule has 1 N–H and O–H groups in total. The van der Waals surface area contributed by atoms with E-state index in [0.717, 1.165) is 64.6 Å². The molecule has 6 rings (SSSR count). The molecule has 0 spiro atoms. The summed E-state index contributed by atoms with van der Waals surface area (Å²) in [6.45, 7) is 9.11. The molecule has 2 saturated heterocycles. The Labute approximate surface area is 221 Å². The van der Waals surface area contributed by atoms with Crippen molar-refractivity contribution in [1.29, 1.82) is 0 Å². The Bertz CT molecular complexity index is 1210. The first kappa shape index (κ1) is 23.7. The number of halogens is 2. The van der Waals surface area contributed by atoms with Crippen LogP contribution in [0, 0.1) is 17.8 Å². The first-order chi connectivity index (χ1) is 16.9. The Morgan fingerprint density at radius 1 is 1.11 bits per heavy atom. The Balaban J connectivity index is 1.15. The molecule has 0 amide bonds. The molecule has 4 heterocycles. The maximum atomic E-state index is 6.46. The molecule has 2 atom stereocenters. The fourth-order valence-electron chi connectivity index (χ4n) is 6.02. The van der Waals surface area contributed by atoms with Crippen LogP contribution in [0.15, 0.2) is 23.7 Å². The molecule has 35 heavy (non-hydrogen) atoms. The topological polar surface area (TPSA) is 57.2 Å². The van der Waals surface area contributed by atoms with Crippen LogP contribution in [0.25, 0.3) is 10.3 Å². The van der Waals surface area contributed by atoms with E-state index in [9.17, 15) is 0 Å². The molecule has 0 radical (unpaired) electrons. The molecule has 1 aromatic carbocycles. The van der Waals surface area contributed by atoms with Crippen LogP contribution in [-0.2, 0) is 0 Å². The minimum atomic E-state index is -0.0426. The van der Waals surface area contributed by atoms with Gasteiger partial charge in [0.1, 0.15) is 5.52 Å². The van der Waals surface area contributed by atoms with Crippen LogP contribution in [-0.4, -0.2) is 52.1 Å². The second kappa shape index (κ2) is 9.66. The number of hydrogen-bond donors (Lipinski definition) is 1. The number of nitrogens with zero attached hydrogens (tertiary/aromatic N) is 5. The van der Waals surface area contributed by atoms with Crippen molar-refractivity contribution in [3.63, 3.8) is 0 Å². The van der Waals surface area contributed by atoms with Crippen LogP contribution >= 0.6 is 34.5 Å². The molecule has 0 unspecified atom stereocenters. The van der Waals surface area contributed by atoms with Gasteiger partial charge in [-0.05, 0) is 74.6 Å². The number of anilines is 2. The van der Waals surface area contributed by atoms with Gasteiger partial charge in [-0.1, -0.05) is 36.2 Å². The van der Waals surface area contributed by atoms with Crippen LogP contribution in [0.5, 0.6) is 0 Å². The molecule has 2 aliphatic heterocycles. The monoisotopic (exact) mass is 530 g/mol. The quantitative estimate of drug-likeness (QED) is 0.391. The maximum Gasteiger partial charge on any atom is 0.228 e. The standard InChI is InChI=1S/C26H32Cl2N6S/c1-15-8-20(9-15)33-7-3-4-17(11-33)18-12-34(13-18)26-31-24(23-25(32-26)35-14-29-23)30-16(2)21-6-5-19(27)10-22(21)28/h5-6,10,14-18,20H,3-4,7-9,11-13H2,1-2H3,(H,30,31,32)/t15?,16-,17+,20?/m1/s1. The van der Waals surface area contributed by atoms with Crippen LogP contribution in [0.2, 0.25) is 10.0 Å². The number of hydrogen-bond acceptors (Lipinski definition) is 7. The molecule has 186 valence electrons. The number of benzene rings is 1. The SMILES string of the molecule is CC1CC(N2CCC[C@H](C3CN(c4nc(N[C@H](C)c5ccc(Cl)cc5Cl)c5ncsc5n4)C3)C2)C1. The van der Waals surface area contributed by atoms with E-state index in [2.05, 4.69) is 33.9 Å². The van der Waals surface area contributed by atoms with E-state index in [1.807, 2.05) is 17.6 Å². The third kappa shape index (κ3) is 4.73. The van der Waals surface area contributed by atoms with Crippen molar-refractivity contribution >= 4 is 56.7 Å². The van der Waals surface area contributed by atoms with Gasteiger partial charge in [0.15, 0.2) is 10.6 Å². The van der Waals surface area contributed by atoms with Crippen LogP contribution < -0.4 is 10.2 Å². The first-order valence-electron chi connectivity index (χ1n) is 12.8. The lowest BCUT2D eigenvalue weighted by atomic mass is 9.76. The van der Waals surface area contributed by atoms with E-state index in [4.69, 9.17) is 33.2 Å². The number of aromatic nitrogens is 3. The van der Waals surface area contributed by atoms with Crippen molar-refractivity contribution in [2.75, 3.05) is 36.4 Å². The fraction of sp³-hybridized carbons (Fsp3) is 0.577. The molecule has 3 aliphatic rings. The minimum absolute atomic E-state index is 0.0426. The van der Waals surface area contributed by atoms with Gasteiger partial charge in [-0.3, -0.25) is 0 Å². The number of piperidine rings is 1. The zero-order valence-corrected chi connectivity index (χ0v) is 22.6. The van der Waals surface area contributed by atoms with E-state index in [0.29, 0.717) is 10.0 Å². The summed E-state index contributed by atoms with van der Waals surface area (Å²) in [5.74, 6) is 4.01. The van der Waals surface area contributed by atoms with Gasteiger partial charge in [0.25, 0.3) is 0 Å². The number of thiazole rings is 1. The highest BCUT2D eigenvalue weighted by Crippen LogP contribution is 2.39. The van der Waals surface area contributed by atoms with Crippen molar-refractivity contribution in [3.8, 4) is 0 Å².